The number of nitrogens with zero attached hydrogens (tertiary/aromatic N) is 2. The number of thiazole rings is 1. The van der Waals surface area contributed by atoms with E-state index >= 15 is 0 Å². The molecule has 1 N–H and O–H groups in total. The van der Waals surface area contributed by atoms with Crippen LogP contribution in [0.3, 0.4) is 0 Å². The molecule has 28 heavy (non-hydrogen) atoms. The fourth-order valence-corrected chi connectivity index (χ4v) is 3.99. The summed E-state index contributed by atoms with van der Waals surface area (Å²) in [6.07, 6.45) is 2.73. The molecule has 0 bridgehead atoms. The van der Waals surface area contributed by atoms with Gasteiger partial charge in [-0.25, -0.2) is 4.98 Å². The van der Waals surface area contributed by atoms with Gasteiger partial charge in [0.1, 0.15) is 17.4 Å². The summed E-state index contributed by atoms with van der Waals surface area (Å²) < 4.78 is 5.71. The fourth-order valence-electron chi connectivity index (χ4n) is 3.28. The Balaban J connectivity index is 1.30. The highest BCUT2D eigenvalue weighted by atomic mass is 32.1. The van der Waals surface area contributed by atoms with Crippen molar-refractivity contribution in [3.8, 4) is 5.75 Å². The van der Waals surface area contributed by atoms with Gasteiger partial charge in [0, 0.05) is 29.8 Å². The summed E-state index contributed by atoms with van der Waals surface area (Å²) >= 11 is 1.51. The molecule has 3 aromatic rings. The number of anilines is 2. The Morgan fingerprint density at radius 2 is 1.93 bits per heavy atom. The summed E-state index contributed by atoms with van der Waals surface area (Å²) in [5, 5.41) is 5.77. The monoisotopic (exact) mass is 393 g/mol. The first-order chi connectivity index (χ1) is 13.8. The molecule has 6 heteroatoms. The summed E-state index contributed by atoms with van der Waals surface area (Å²) in [5.41, 5.74) is 2.77. The molecule has 0 unspecified atom stereocenters. The Bertz CT molecular complexity index is 920. The maximum Gasteiger partial charge on any atom is 0.230 e. The molecule has 1 fully saturated rings. The Morgan fingerprint density at radius 3 is 2.75 bits per heavy atom. The van der Waals surface area contributed by atoms with Crippen molar-refractivity contribution in [1.29, 1.82) is 0 Å². The van der Waals surface area contributed by atoms with Crippen LogP contribution in [0.5, 0.6) is 5.75 Å². The summed E-state index contributed by atoms with van der Waals surface area (Å²) in [5.74, 6) is 0.759. The predicted octanol–water partition coefficient (Wildman–Crippen LogP) is 4.50. The Kier molecular flexibility index (Phi) is 5.87. The number of para-hydroxylation sites is 1. The Hall–Kier alpha value is -2.86. The van der Waals surface area contributed by atoms with E-state index in [1.165, 1.54) is 29.9 Å². The van der Waals surface area contributed by atoms with Crippen molar-refractivity contribution >= 4 is 28.6 Å². The fraction of sp³-hybridized carbons (Fsp3) is 0.273. The second-order valence-electron chi connectivity index (χ2n) is 6.80. The zero-order valence-electron chi connectivity index (χ0n) is 15.6. The molecule has 5 nitrogen and oxygen atoms in total. The molecular weight excluding hydrogens is 370 g/mol. The van der Waals surface area contributed by atoms with E-state index in [-0.39, 0.29) is 12.3 Å². The molecule has 0 saturated carbocycles. The first-order valence-electron chi connectivity index (χ1n) is 9.52. The van der Waals surface area contributed by atoms with Crippen LogP contribution in [0.1, 0.15) is 23.5 Å². The second-order valence-corrected chi connectivity index (χ2v) is 7.75. The van der Waals surface area contributed by atoms with Crippen LogP contribution in [0, 0.1) is 0 Å². The van der Waals surface area contributed by atoms with Gasteiger partial charge in [-0.05, 0) is 43.2 Å². The third-order valence-corrected chi connectivity index (χ3v) is 5.52. The summed E-state index contributed by atoms with van der Waals surface area (Å²) in [6, 6.07) is 17.7. The number of amides is 1. The first-order valence-corrected chi connectivity index (χ1v) is 10.4. The molecule has 2 aromatic carbocycles. The van der Waals surface area contributed by atoms with Gasteiger partial charge >= 0.3 is 0 Å². The summed E-state index contributed by atoms with van der Waals surface area (Å²) in [7, 11) is 0. The van der Waals surface area contributed by atoms with Gasteiger partial charge in [-0.1, -0.05) is 24.3 Å². The van der Waals surface area contributed by atoms with Crippen LogP contribution in [0.2, 0.25) is 0 Å². The normalized spacial score (nSPS) is 13.5. The molecule has 0 spiro atoms. The molecule has 0 radical (unpaired) electrons. The third-order valence-electron chi connectivity index (χ3n) is 4.65. The standard InChI is InChI=1S/C22H23N3O2S/c26-21(23-17-7-6-8-19(13-17)25-11-4-5-12-25)14-18-16-28-22(24-18)15-27-20-9-2-1-3-10-20/h1-3,6-10,13,16H,4-5,11-12,14-15H2,(H,23,26). The van der Waals surface area contributed by atoms with E-state index in [1.54, 1.807) is 0 Å². The number of carbonyl (C=O) groups is 1. The van der Waals surface area contributed by atoms with Gasteiger partial charge in [-0.3, -0.25) is 4.79 Å². The van der Waals surface area contributed by atoms with Crippen LogP contribution in [0.25, 0.3) is 0 Å². The van der Waals surface area contributed by atoms with Crippen LogP contribution in [0.4, 0.5) is 11.4 Å². The average molecular weight is 394 g/mol. The van der Waals surface area contributed by atoms with Crippen LogP contribution < -0.4 is 15.0 Å². The predicted molar refractivity (Wildman–Crippen MR) is 113 cm³/mol. The lowest BCUT2D eigenvalue weighted by Gasteiger charge is -2.18. The van der Waals surface area contributed by atoms with Crippen molar-refractivity contribution in [1.82, 2.24) is 4.98 Å². The zero-order valence-corrected chi connectivity index (χ0v) is 16.5. The Morgan fingerprint density at radius 1 is 1.11 bits per heavy atom. The molecular formula is C22H23N3O2S. The molecule has 4 rings (SSSR count). The van der Waals surface area contributed by atoms with Gasteiger partial charge in [0.2, 0.25) is 5.91 Å². The minimum Gasteiger partial charge on any atom is -0.486 e. The van der Waals surface area contributed by atoms with Crippen molar-refractivity contribution in [3.63, 3.8) is 0 Å². The molecule has 144 valence electrons. The van der Waals surface area contributed by atoms with E-state index in [0.29, 0.717) is 6.61 Å². The highest BCUT2D eigenvalue weighted by Crippen LogP contribution is 2.23. The van der Waals surface area contributed by atoms with Gasteiger partial charge < -0.3 is 15.0 Å². The number of carbonyl (C=O) groups excluding carboxylic acids is 1. The van der Waals surface area contributed by atoms with Crippen LogP contribution >= 0.6 is 11.3 Å². The highest BCUT2D eigenvalue weighted by molar-refractivity contribution is 7.09. The molecule has 1 aliphatic heterocycles. The molecule has 0 aliphatic carbocycles. The summed E-state index contributed by atoms with van der Waals surface area (Å²) in [6.45, 7) is 2.59. The minimum absolute atomic E-state index is 0.0561. The third kappa shape index (κ3) is 4.89. The van der Waals surface area contributed by atoms with E-state index in [9.17, 15) is 4.79 Å². The average Bonchev–Trinajstić information content (AvgIpc) is 3.40. The maximum atomic E-state index is 12.4. The quantitative estimate of drug-likeness (QED) is 0.642. The van der Waals surface area contributed by atoms with E-state index in [0.717, 1.165) is 35.2 Å². The largest absolute Gasteiger partial charge is 0.486 e. The molecule has 2 heterocycles. The van der Waals surface area contributed by atoms with Crippen molar-refractivity contribution in [2.75, 3.05) is 23.3 Å². The van der Waals surface area contributed by atoms with Gasteiger partial charge in [0.25, 0.3) is 0 Å². The van der Waals surface area contributed by atoms with Crippen molar-refractivity contribution in [3.05, 3.63) is 70.7 Å². The van der Waals surface area contributed by atoms with Gasteiger partial charge in [-0.15, -0.1) is 11.3 Å². The molecule has 0 atom stereocenters. The smallest absolute Gasteiger partial charge is 0.230 e. The molecule has 1 amide bonds. The van der Waals surface area contributed by atoms with Gasteiger partial charge in [0.15, 0.2) is 0 Å². The van der Waals surface area contributed by atoms with Crippen LogP contribution in [-0.4, -0.2) is 24.0 Å². The topological polar surface area (TPSA) is 54.5 Å². The van der Waals surface area contributed by atoms with Crippen molar-refractivity contribution in [2.24, 2.45) is 0 Å². The second kappa shape index (κ2) is 8.89. The minimum atomic E-state index is -0.0561. The number of hydrogen-bond donors (Lipinski definition) is 1. The number of rotatable bonds is 7. The lowest BCUT2D eigenvalue weighted by molar-refractivity contribution is -0.115. The number of ether oxygens (including phenoxy) is 1. The number of benzene rings is 2. The highest BCUT2D eigenvalue weighted by Gasteiger charge is 2.13. The van der Waals surface area contributed by atoms with Crippen molar-refractivity contribution < 1.29 is 9.53 Å². The van der Waals surface area contributed by atoms with E-state index in [2.05, 4.69) is 21.3 Å². The van der Waals surface area contributed by atoms with E-state index in [4.69, 9.17) is 4.74 Å². The van der Waals surface area contributed by atoms with Gasteiger partial charge in [-0.2, -0.15) is 0 Å². The van der Waals surface area contributed by atoms with E-state index in [1.807, 2.05) is 53.9 Å². The number of hydrogen-bond acceptors (Lipinski definition) is 5. The van der Waals surface area contributed by atoms with Crippen LogP contribution in [-0.2, 0) is 17.8 Å². The first kappa shape index (κ1) is 18.5. The molecule has 1 saturated heterocycles. The van der Waals surface area contributed by atoms with E-state index < -0.39 is 0 Å². The lowest BCUT2D eigenvalue weighted by atomic mass is 10.2. The molecule has 1 aromatic heterocycles. The lowest BCUT2D eigenvalue weighted by Crippen LogP contribution is -2.18. The zero-order chi connectivity index (χ0) is 19.2. The SMILES string of the molecule is O=C(Cc1csc(COc2ccccc2)n1)Nc1cccc(N2CCCC2)c1. The van der Waals surface area contributed by atoms with Crippen LogP contribution in [0.15, 0.2) is 60.0 Å². The Labute approximate surface area is 169 Å². The van der Waals surface area contributed by atoms with Gasteiger partial charge in [0.05, 0.1) is 12.1 Å². The number of aromatic nitrogens is 1. The summed E-state index contributed by atoms with van der Waals surface area (Å²) in [4.78, 5) is 19.3. The molecule has 1 aliphatic rings. The number of nitrogens with one attached hydrogen (secondary N) is 1. The van der Waals surface area contributed by atoms with Crippen molar-refractivity contribution in [2.45, 2.75) is 25.9 Å². The maximum absolute atomic E-state index is 12.4.